The topological polar surface area (TPSA) is 77.1 Å². The number of nitrogens with one attached hydrogen (secondary N) is 1. The van der Waals surface area contributed by atoms with E-state index in [2.05, 4.69) is 5.32 Å². The lowest BCUT2D eigenvalue weighted by atomic mass is 10.2. The van der Waals surface area contributed by atoms with Gasteiger partial charge in [0.15, 0.2) is 0 Å². The number of benzene rings is 1. The maximum Gasteiger partial charge on any atom is 0.307 e. The van der Waals surface area contributed by atoms with Crippen LogP contribution in [0.25, 0.3) is 0 Å². The van der Waals surface area contributed by atoms with Gasteiger partial charge in [0.25, 0.3) is 0 Å². The van der Waals surface area contributed by atoms with E-state index in [0.29, 0.717) is 35.8 Å². The van der Waals surface area contributed by atoms with Gasteiger partial charge in [0.05, 0.1) is 10.7 Å². The number of thiazole rings is 1. The second-order valence-corrected chi connectivity index (χ2v) is 5.91. The van der Waals surface area contributed by atoms with Crippen molar-refractivity contribution in [3.05, 3.63) is 44.0 Å². The highest BCUT2D eigenvalue weighted by atomic mass is 35.5. The first-order valence-corrected chi connectivity index (χ1v) is 7.73. The molecule has 1 aromatic heterocycles. The molecule has 0 atom stereocenters. The van der Waals surface area contributed by atoms with Crippen LogP contribution in [-0.2, 0) is 11.3 Å². The molecule has 0 saturated heterocycles. The Bertz CT molecular complexity index is 708. The van der Waals surface area contributed by atoms with Gasteiger partial charge < -0.3 is 15.6 Å². The molecule has 0 aliphatic heterocycles. The predicted molar refractivity (Wildman–Crippen MR) is 87.0 cm³/mol. The monoisotopic (exact) mass is 325 g/mol. The lowest BCUT2D eigenvalue weighted by molar-refractivity contribution is -0.116. The van der Waals surface area contributed by atoms with Crippen molar-refractivity contribution in [2.75, 3.05) is 11.1 Å². The zero-order chi connectivity index (χ0) is 15.4. The van der Waals surface area contributed by atoms with Crippen molar-refractivity contribution in [1.82, 2.24) is 4.57 Å². The maximum absolute atomic E-state index is 11.8. The maximum atomic E-state index is 11.8. The van der Waals surface area contributed by atoms with Crippen LogP contribution in [0.1, 0.15) is 18.5 Å². The second-order valence-electron chi connectivity index (χ2n) is 4.68. The number of anilines is 2. The van der Waals surface area contributed by atoms with Crippen molar-refractivity contribution in [2.24, 2.45) is 0 Å². The minimum atomic E-state index is -0.113. The van der Waals surface area contributed by atoms with Crippen LogP contribution in [0.5, 0.6) is 0 Å². The molecule has 7 heteroatoms. The van der Waals surface area contributed by atoms with E-state index in [4.69, 9.17) is 17.3 Å². The summed E-state index contributed by atoms with van der Waals surface area (Å²) in [6.45, 7) is 2.43. The fourth-order valence-electron chi connectivity index (χ4n) is 1.92. The molecular formula is C14H16ClN3O2S. The number of nitrogens with two attached hydrogens (primary N) is 1. The highest BCUT2D eigenvalue weighted by Crippen LogP contribution is 2.22. The molecule has 0 aliphatic carbocycles. The van der Waals surface area contributed by atoms with Gasteiger partial charge in [-0.05, 0) is 31.5 Å². The van der Waals surface area contributed by atoms with Gasteiger partial charge in [-0.25, -0.2) is 0 Å². The second kappa shape index (κ2) is 6.78. The summed E-state index contributed by atoms with van der Waals surface area (Å²) in [4.78, 5) is 23.4. The summed E-state index contributed by atoms with van der Waals surface area (Å²) in [6.07, 6.45) is 0.941. The van der Waals surface area contributed by atoms with Crippen LogP contribution in [0.4, 0.5) is 11.4 Å². The summed E-state index contributed by atoms with van der Waals surface area (Å²) in [5.41, 5.74) is 7.64. The van der Waals surface area contributed by atoms with E-state index in [0.717, 1.165) is 5.69 Å². The molecule has 3 N–H and O–H groups in total. The van der Waals surface area contributed by atoms with Gasteiger partial charge >= 0.3 is 4.87 Å². The van der Waals surface area contributed by atoms with E-state index in [1.54, 1.807) is 22.8 Å². The number of nitrogens with zero attached hydrogens (tertiary/aromatic N) is 1. The summed E-state index contributed by atoms with van der Waals surface area (Å²) >= 11 is 6.99. The number of nitrogen functional groups attached to an aromatic ring is 1. The van der Waals surface area contributed by atoms with E-state index in [1.165, 1.54) is 11.3 Å². The number of hydrogen-bond donors (Lipinski definition) is 2. The van der Waals surface area contributed by atoms with Crippen LogP contribution in [0, 0.1) is 6.92 Å². The standard InChI is InChI=1S/C14H16ClN3O2S/c1-9-8-21-14(20)18(9)6-2-3-13(19)17-10-4-5-11(15)12(16)7-10/h4-5,7-8H,2-3,6,16H2,1H3,(H,17,19). The van der Waals surface area contributed by atoms with Crippen molar-refractivity contribution in [1.29, 1.82) is 0 Å². The first-order valence-electron chi connectivity index (χ1n) is 6.47. The Balaban J connectivity index is 1.85. The Morgan fingerprint density at radius 2 is 2.24 bits per heavy atom. The minimum Gasteiger partial charge on any atom is -0.397 e. The molecule has 2 aromatic rings. The third-order valence-corrected chi connectivity index (χ3v) is 4.27. The number of hydrogen-bond acceptors (Lipinski definition) is 4. The van der Waals surface area contributed by atoms with Crippen molar-refractivity contribution in [3.8, 4) is 0 Å². The van der Waals surface area contributed by atoms with E-state index < -0.39 is 0 Å². The van der Waals surface area contributed by atoms with Crippen LogP contribution in [-0.4, -0.2) is 10.5 Å². The first kappa shape index (κ1) is 15.6. The summed E-state index contributed by atoms with van der Waals surface area (Å²) < 4.78 is 1.68. The average Bonchev–Trinajstić information content (AvgIpc) is 2.74. The quantitative estimate of drug-likeness (QED) is 0.830. The average molecular weight is 326 g/mol. The highest BCUT2D eigenvalue weighted by molar-refractivity contribution is 7.07. The third kappa shape index (κ3) is 4.09. The first-order chi connectivity index (χ1) is 9.97. The molecule has 0 saturated carbocycles. The molecule has 0 fully saturated rings. The zero-order valence-corrected chi connectivity index (χ0v) is 13.1. The van der Waals surface area contributed by atoms with Gasteiger partial charge in [-0.1, -0.05) is 22.9 Å². The fraction of sp³-hybridized carbons (Fsp3) is 0.286. The molecule has 1 aromatic carbocycles. The summed E-state index contributed by atoms with van der Waals surface area (Å²) in [5.74, 6) is -0.113. The summed E-state index contributed by atoms with van der Waals surface area (Å²) in [5, 5.41) is 5.03. The molecule has 0 unspecified atom stereocenters. The summed E-state index contributed by atoms with van der Waals surface area (Å²) in [7, 11) is 0. The molecule has 5 nitrogen and oxygen atoms in total. The van der Waals surface area contributed by atoms with Crippen LogP contribution >= 0.6 is 22.9 Å². The van der Waals surface area contributed by atoms with Crippen molar-refractivity contribution < 1.29 is 4.79 Å². The van der Waals surface area contributed by atoms with E-state index in [9.17, 15) is 9.59 Å². The van der Waals surface area contributed by atoms with Crippen molar-refractivity contribution in [2.45, 2.75) is 26.3 Å². The SMILES string of the molecule is Cc1csc(=O)n1CCCC(=O)Nc1ccc(Cl)c(N)c1. The molecule has 112 valence electrons. The number of carbonyl (C=O) groups excluding carboxylic acids is 1. The molecule has 0 bridgehead atoms. The van der Waals surface area contributed by atoms with Crippen LogP contribution in [0.15, 0.2) is 28.4 Å². The number of halogens is 1. The Morgan fingerprint density at radius 1 is 1.48 bits per heavy atom. The lowest BCUT2D eigenvalue weighted by Crippen LogP contribution is -2.17. The molecule has 0 radical (unpaired) electrons. The van der Waals surface area contributed by atoms with Crippen molar-refractivity contribution in [3.63, 3.8) is 0 Å². The smallest absolute Gasteiger partial charge is 0.307 e. The van der Waals surface area contributed by atoms with Gasteiger partial charge in [0.1, 0.15) is 0 Å². The number of carbonyl (C=O) groups is 1. The van der Waals surface area contributed by atoms with Crippen LogP contribution < -0.4 is 15.9 Å². The van der Waals surface area contributed by atoms with Crippen LogP contribution in [0.3, 0.4) is 0 Å². The Morgan fingerprint density at radius 3 is 2.86 bits per heavy atom. The normalized spacial score (nSPS) is 10.6. The lowest BCUT2D eigenvalue weighted by Gasteiger charge is -2.07. The highest BCUT2D eigenvalue weighted by Gasteiger charge is 2.06. The number of aryl methyl sites for hydroxylation is 1. The zero-order valence-electron chi connectivity index (χ0n) is 11.6. The molecule has 0 spiro atoms. The molecular weight excluding hydrogens is 310 g/mol. The van der Waals surface area contributed by atoms with Crippen molar-refractivity contribution >= 4 is 40.2 Å². The molecule has 2 rings (SSSR count). The largest absolute Gasteiger partial charge is 0.397 e. The molecule has 21 heavy (non-hydrogen) atoms. The van der Waals surface area contributed by atoms with Gasteiger partial charge in [-0.3, -0.25) is 9.59 Å². The number of rotatable bonds is 5. The molecule has 1 heterocycles. The van der Waals surface area contributed by atoms with Gasteiger partial charge in [-0.15, -0.1) is 0 Å². The molecule has 0 aliphatic rings. The number of amides is 1. The Hall–Kier alpha value is -1.79. The van der Waals surface area contributed by atoms with E-state index in [-0.39, 0.29) is 10.8 Å². The fourth-order valence-corrected chi connectivity index (χ4v) is 2.80. The predicted octanol–water partition coefficient (Wildman–Crippen LogP) is 2.87. The Labute approximate surface area is 131 Å². The number of aromatic nitrogens is 1. The van der Waals surface area contributed by atoms with Gasteiger partial charge in [0.2, 0.25) is 5.91 Å². The van der Waals surface area contributed by atoms with E-state index in [1.807, 2.05) is 12.3 Å². The Kier molecular flexibility index (Phi) is 5.03. The minimum absolute atomic E-state index is 0.0124. The van der Waals surface area contributed by atoms with Crippen LogP contribution in [0.2, 0.25) is 5.02 Å². The molecule has 1 amide bonds. The summed E-state index contributed by atoms with van der Waals surface area (Å²) in [6, 6.07) is 4.96. The van der Waals surface area contributed by atoms with Gasteiger partial charge in [0, 0.05) is 29.7 Å². The third-order valence-electron chi connectivity index (χ3n) is 3.04. The van der Waals surface area contributed by atoms with Gasteiger partial charge in [-0.2, -0.15) is 0 Å². The van der Waals surface area contributed by atoms with E-state index >= 15 is 0 Å².